The highest BCUT2D eigenvalue weighted by Crippen LogP contribution is 2.55. The molecule has 2 nitrogen and oxygen atoms in total. The molecule has 2 aromatic rings. The molecule has 0 N–H and O–H groups in total. The van der Waals surface area contributed by atoms with Gasteiger partial charge in [-0.05, 0) is 117 Å². The Morgan fingerprint density at radius 2 is 1.15 bits per heavy atom. The lowest BCUT2D eigenvalue weighted by molar-refractivity contribution is 0.314. The summed E-state index contributed by atoms with van der Waals surface area (Å²) in [7, 11) is 3.56. The first-order chi connectivity index (χ1) is 13.1. The van der Waals surface area contributed by atoms with Gasteiger partial charge in [-0.3, -0.25) is 0 Å². The molecule has 0 radical (unpaired) electrons. The highest BCUT2D eigenvalue weighted by atomic mass is 79.9. The summed E-state index contributed by atoms with van der Waals surface area (Å²) >= 11 is 7.52. The second-order valence-corrected chi connectivity index (χ2v) is 9.46. The van der Waals surface area contributed by atoms with Crippen molar-refractivity contribution in [2.75, 3.05) is 14.2 Å². The standard InChI is InChI=1S/C23H26Br2O2/c1-26-22-18-10-14(12-20(22)24)6-4-3-5-7-15-11-19(17-9-8-16(17)18)23(27-2)21(25)13-15/h10-13,16-17H,3-9H2,1-2H3. The summed E-state index contributed by atoms with van der Waals surface area (Å²) < 4.78 is 13.8. The Morgan fingerprint density at radius 1 is 0.704 bits per heavy atom. The van der Waals surface area contributed by atoms with Crippen LogP contribution in [0.5, 0.6) is 11.5 Å². The summed E-state index contributed by atoms with van der Waals surface area (Å²) in [5, 5.41) is 0. The number of aryl methyl sites for hydroxylation is 2. The van der Waals surface area contributed by atoms with E-state index in [0.29, 0.717) is 11.8 Å². The molecule has 144 valence electrons. The number of hydrogen-bond acceptors (Lipinski definition) is 2. The predicted octanol–water partition coefficient (Wildman–Crippen LogP) is 7.16. The average molecular weight is 494 g/mol. The van der Waals surface area contributed by atoms with Gasteiger partial charge in [0.25, 0.3) is 0 Å². The Balaban J connectivity index is 1.85. The van der Waals surface area contributed by atoms with Crippen LogP contribution in [0.4, 0.5) is 0 Å². The van der Waals surface area contributed by atoms with Crippen LogP contribution in [0.2, 0.25) is 0 Å². The number of rotatable bonds is 2. The topological polar surface area (TPSA) is 18.5 Å². The molecule has 0 aliphatic heterocycles. The molecule has 1 fully saturated rings. The summed E-state index contributed by atoms with van der Waals surface area (Å²) in [4.78, 5) is 0. The van der Waals surface area contributed by atoms with Crippen molar-refractivity contribution in [3.63, 3.8) is 0 Å². The van der Waals surface area contributed by atoms with E-state index in [1.54, 1.807) is 14.2 Å². The van der Waals surface area contributed by atoms with Gasteiger partial charge in [-0.2, -0.15) is 0 Å². The third-order valence-corrected chi connectivity index (χ3v) is 7.35. The zero-order valence-corrected chi connectivity index (χ0v) is 19.2. The predicted molar refractivity (Wildman–Crippen MR) is 117 cm³/mol. The van der Waals surface area contributed by atoms with Crippen molar-refractivity contribution in [3.8, 4) is 11.5 Å². The van der Waals surface area contributed by atoms with Crippen LogP contribution in [0.3, 0.4) is 0 Å². The molecular weight excluding hydrogens is 468 g/mol. The van der Waals surface area contributed by atoms with Gasteiger partial charge in [-0.25, -0.2) is 0 Å². The molecule has 0 saturated heterocycles. The molecule has 4 rings (SSSR count). The van der Waals surface area contributed by atoms with E-state index < -0.39 is 0 Å². The van der Waals surface area contributed by atoms with Crippen molar-refractivity contribution in [2.24, 2.45) is 0 Å². The van der Waals surface area contributed by atoms with E-state index in [-0.39, 0.29) is 0 Å². The zero-order chi connectivity index (χ0) is 19.0. The molecular formula is C23H26Br2O2. The van der Waals surface area contributed by atoms with Gasteiger partial charge in [0.1, 0.15) is 11.5 Å². The minimum Gasteiger partial charge on any atom is -0.495 e. The van der Waals surface area contributed by atoms with E-state index in [0.717, 1.165) is 33.3 Å². The van der Waals surface area contributed by atoms with Gasteiger partial charge in [0, 0.05) is 0 Å². The zero-order valence-electron chi connectivity index (χ0n) is 16.0. The Morgan fingerprint density at radius 3 is 1.52 bits per heavy atom. The van der Waals surface area contributed by atoms with Crippen molar-refractivity contribution in [2.45, 2.75) is 56.8 Å². The van der Waals surface area contributed by atoms with Gasteiger partial charge in [0.2, 0.25) is 0 Å². The second-order valence-electron chi connectivity index (χ2n) is 7.75. The van der Waals surface area contributed by atoms with E-state index in [1.165, 1.54) is 54.4 Å². The highest BCUT2D eigenvalue weighted by molar-refractivity contribution is 9.10. The smallest absolute Gasteiger partial charge is 0.136 e. The first-order valence-electron chi connectivity index (χ1n) is 9.85. The number of ether oxygens (including phenoxy) is 2. The molecule has 0 spiro atoms. The maximum Gasteiger partial charge on any atom is 0.136 e. The molecule has 4 bridgehead atoms. The lowest BCUT2D eigenvalue weighted by Gasteiger charge is -2.39. The number of fused-ring (bicyclic) bond motifs is 7. The van der Waals surface area contributed by atoms with E-state index in [2.05, 4.69) is 56.1 Å². The Bertz CT molecular complexity index is 777. The fraction of sp³-hybridized carbons (Fsp3) is 0.478. The van der Waals surface area contributed by atoms with Crippen LogP contribution in [0.1, 0.15) is 66.2 Å². The molecule has 2 atom stereocenters. The minimum absolute atomic E-state index is 0.480. The van der Waals surface area contributed by atoms with Crippen molar-refractivity contribution in [3.05, 3.63) is 55.5 Å². The van der Waals surface area contributed by atoms with Crippen molar-refractivity contribution >= 4 is 31.9 Å². The van der Waals surface area contributed by atoms with Gasteiger partial charge >= 0.3 is 0 Å². The maximum atomic E-state index is 5.81. The van der Waals surface area contributed by atoms with Crippen molar-refractivity contribution < 1.29 is 9.47 Å². The first kappa shape index (κ1) is 19.3. The summed E-state index contributed by atoms with van der Waals surface area (Å²) in [6.07, 6.45) is 8.39. The molecule has 27 heavy (non-hydrogen) atoms. The van der Waals surface area contributed by atoms with Crippen LogP contribution in [0, 0.1) is 0 Å². The molecule has 4 heteroatoms. The lowest BCUT2D eigenvalue weighted by Crippen LogP contribution is -2.23. The van der Waals surface area contributed by atoms with Crippen LogP contribution < -0.4 is 9.47 Å². The molecule has 2 aromatic carbocycles. The van der Waals surface area contributed by atoms with Crippen molar-refractivity contribution in [1.82, 2.24) is 0 Å². The van der Waals surface area contributed by atoms with Crippen molar-refractivity contribution in [1.29, 1.82) is 0 Å². The van der Waals surface area contributed by atoms with Gasteiger partial charge in [-0.1, -0.05) is 18.6 Å². The molecule has 2 aliphatic rings. The van der Waals surface area contributed by atoms with E-state index in [1.807, 2.05) is 0 Å². The summed E-state index contributed by atoms with van der Waals surface area (Å²) in [5.74, 6) is 2.95. The Labute approximate surface area is 178 Å². The minimum atomic E-state index is 0.480. The largest absolute Gasteiger partial charge is 0.495 e. The van der Waals surface area contributed by atoms with Crippen LogP contribution in [0.25, 0.3) is 0 Å². The first-order valence-corrected chi connectivity index (χ1v) is 11.4. The summed E-state index contributed by atoms with van der Waals surface area (Å²) in [5.41, 5.74) is 5.53. The third-order valence-electron chi connectivity index (χ3n) is 6.18. The second kappa shape index (κ2) is 8.16. The molecule has 2 unspecified atom stereocenters. The van der Waals surface area contributed by atoms with Gasteiger partial charge in [-0.15, -0.1) is 0 Å². The quantitative estimate of drug-likeness (QED) is 0.441. The summed E-state index contributed by atoms with van der Waals surface area (Å²) in [6, 6.07) is 9.27. The SMILES string of the molecule is COc1c(Br)cc2cc1C1CCC1c1cc(cc(Br)c1OC)CCCCC2. The molecule has 0 heterocycles. The molecule has 0 amide bonds. The number of halogens is 2. The van der Waals surface area contributed by atoms with Gasteiger partial charge < -0.3 is 9.47 Å². The average Bonchev–Trinajstić information content (AvgIpc) is 2.60. The third kappa shape index (κ3) is 3.67. The molecule has 2 aliphatic carbocycles. The van der Waals surface area contributed by atoms with Crippen LogP contribution in [0.15, 0.2) is 33.2 Å². The van der Waals surface area contributed by atoms with Crippen LogP contribution >= 0.6 is 31.9 Å². The van der Waals surface area contributed by atoms with Gasteiger partial charge in [0.15, 0.2) is 0 Å². The van der Waals surface area contributed by atoms with Gasteiger partial charge in [0.05, 0.1) is 23.2 Å². The Hall–Kier alpha value is -1.00. The Kier molecular flexibility index (Phi) is 5.84. The molecule has 1 saturated carbocycles. The number of hydrogen-bond donors (Lipinski definition) is 0. The van der Waals surface area contributed by atoms with E-state index in [4.69, 9.17) is 9.47 Å². The summed E-state index contributed by atoms with van der Waals surface area (Å²) in [6.45, 7) is 0. The van der Waals surface area contributed by atoms with Crippen LogP contribution in [-0.2, 0) is 12.8 Å². The molecule has 0 aromatic heterocycles. The lowest BCUT2D eigenvalue weighted by atomic mass is 9.66. The number of methoxy groups -OCH3 is 2. The maximum absolute atomic E-state index is 5.81. The number of benzene rings is 2. The fourth-order valence-electron chi connectivity index (χ4n) is 4.70. The monoisotopic (exact) mass is 492 g/mol. The van der Waals surface area contributed by atoms with E-state index in [9.17, 15) is 0 Å². The van der Waals surface area contributed by atoms with E-state index >= 15 is 0 Å². The highest BCUT2D eigenvalue weighted by Gasteiger charge is 2.38. The van der Waals surface area contributed by atoms with Crippen LogP contribution in [-0.4, -0.2) is 14.2 Å². The normalized spacial score (nSPS) is 21.8. The fourth-order valence-corrected chi connectivity index (χ4v) is 6.07.